The molecule has 2 aliphatic heterocycles. The van der Waals surface area contributed by atoms with Crippen molar-refractivity contribution in [3.05, 3.63) is 60.4 Å². The molecule has 0 spiro atoms. The first-order valence-corrected chi connectivity index (χ1v) is 14.7. The van der Waals surface area contributed by atoms with Gasteiger partial charge in [-0.15, -0.1) is 0 Å². The van der Waals surface area contributed by atoms with E-state index in [1.165, 1.54) is 6.08 Å². The minimum Gasteiger partial charge on any atom is -0.489 e. The van der Waals surface area contributed by atoms with Crippen LogP contribution in [0.2, 0.25) is 0 Å². The van der Waals surface area contributed by atoms with Crippen LogP contribution in [0.5, 0.6) is 11.6 Å². The molecule has 0 saturated carbocycles. The van der Waals surface area contributed by atoms with Gasteiger partial charge >= 0.3 is 0 Å². The van der Waals surface area contributed by atoms with E-state index in [4.69, 9.17) is 9.47 Å². The predicted molar refractivity (Wildman–Crippen MR) is 162 cm³/mol. The third kappa shape index (κ3) is 6.17. The zero-order valence-corrected chi connectivity index (χ0v) is 25.9. The summed E-state index contributed by atoms with van der Waals surface area (Å²) in [6.45, 7) is 8.77. The van der Waals surface area contributed by atoms with Crippen LogP contribution in [0.1, 0.15) is 42.2 Å². The summed E-state index contributed by atoms with van der Waals surface area (Å²) in [7, 11) is 2.50. The number of guanidine groups is 1. The van der Waals surface area contributed by atoms with E-state index in [9.17, 15) is 9.59 Å². The number of fused-ring (bicyclic) bond motifs is 7. The molecule has 5 rings (SSSR count). The van der Waals surface area contributed by atoms with Gasteiger partial charge in [-0.1, -0.05) is 12.6 Å². The Morgan fingerprint density at radius 1 is 1.32 bits per heavy atom. The maximum Gasteiger partial charge on any atom is 0.280 e. The molecular weight excluding hydrogens is 538 g/mol. The van der Waals surface area contributed by atoms with Gasteiger partial charge in [0.25, 0.3) is 5.91 Å². The van der Waals surface area contributed by atoms with E-state index in [0.29, 0.717) is 64.5 Å². The number of hydrogen-bond acceptors (Lipinski definition) is 8. The molecule has 1 aromatic carbocycles. The summed E-state index contributed by atoms with van der Waals surface area (Å²) in [6, 6.07) is 9.19. The summed E-state index contributed by atoms with van der Waals surface area (Å²) in [6.07, 6.45) is 5.56. The number of ether oxygens (including phenoxy) is 2. The number of aliphatic imine (C=N–C) groups is 1. The minimum absolute atomic E-state index is 0.234. The molecule has 0 aliphatic carbocycles. The van der Waals surface area contributed by atoms with Crippen LogP contribution in [0.3, 0.4) is 0 Å². The van der Waals surface area contributed by atoms with Crippen molar-refractivity contribution in [2.24, 2.45) is 12.0 Å². The quantitative estimate of drug-likeness (QED) is 0.353. The molecule has 0 fully saturated rings. The van der Waals surface area contributed by atoms with Crippen molar-refractivity contribution in [2.45, 2.75) is 38.3 Å². The molecule has 0 radical (unpaired) electrons. The van der Waals surface area contributed by atoms with Gasteiger partial charge in [-0.05, 0) is 63.5 Å². The number of amides is 2. The van der Waals surface area contributed by atoms with E-state index < -0.39 is 5.16 Å². The maximum absolute atomic E-state index is 13.5. The van der Waals surface area contributed by atoms with Crippen LogP contribution in [-0.2, 0) is 11.8 Å². The first-order valence-electron chi connectivity index (χ1n) is 13.7. The lowest BCUT2D eigenvalue weighted by atomic mass is 10.1. The molecule has 3 aromatic rings. The zero-order chi connectivity index (χ0) is 29.1. The van der Waals surface area contributed by atoms with Crippen LogP contribution in [0.25, 0.3) is 11.3 Å². The van der Waals surface area contributed by atoms with Crippen molar-refractivity contribution < 1.29 is 19.1 Å². The molecule has 0 saturated heterocycles. The van der Waals surface area contributed by atoms with Gasteiger partial charge in [-0.25, -0.2) is 4.68 Å². The monoisotopic (exact) mass is 573 g/mol. The topological polar surface area (TPSA) is 123 Å². The van der Waals surface area contributed by atoms with Crippen LogP contribution in [0, 0.1) is 6.92 Å². The van der Waals surface area contributed by atoms with Gasteiger partial charge in [-0.2, -0.15) is 10.1 Å². The number of carbonyl (C=O) groups excluding carboxylic acids is 2. The molecule has 2 aliphatic rings. The second-order valence-corrected chi connectivity index (χ2v) is 13.0. The highest BCUT2D eigenvalue weighted by molar-refractivity contribution is 6.20. The van der Waals surface area contributed by atoms with Crippen LogP contribution < -0.4 is 25.0 Å². The van der Waals surface area contributed by atoms with Crippen LogP contribution >= 0.6 is 0 Å². The number of rotatable bonds is 5. The highest BCUT2D eigenvalue weighted by atomic mass is 28.1. The Balaban J connectivity index is 1.49. The Morgan fingerprint density at radius 3 is 2.95 bits per heavy atom. The molecule has 2 aromatic heterocycles. The number of aryl methyl sites for hydroxylation is 2. The van der Waals surface area contributed by atoms with Gasteiger partial charge in [0.2, 0.25) is 17.7 Å². The highest BCUT2D eigenvalue weighted by Gasteiger charge is 2.31. The van der Waals surface area contributed by atoms with Gasteiger partial charge < -0.3 is 25.0 Å². The fourth-order valence-electron chi connectivity index (χ4n) is 4.88. The number of hydrogen-bond donors (Lipinski definition) is 2. The lowest BCUT2D eigenvalue weighted by Crippen LogP contribution is -2.50. The summed E-state index contributed by atoms with van der Waals surface area (Å²) < 4.78 is 14.1. The molecule has 4 heterocycles. The number of para-hydroxylation sites is 1. The van der Waals surface area contributed by atoms with Gasteiger partial charge in [0.1, 0.15) is 18.0 Å². The number of anilines is 2. The Bertz CT molecular complexity index is 1530. The molecule has 41 heavy (non-hydrogen) atoms. The normalized spacial score (nSPS) is 17.7. The van der Waals surface area contributed by atoms with Crippen molar-refractivity contribution in [2.75, 3.05) is 30.0 Å². The average Bonchev–Trinajstić information content (AvgIpc) is 3.48. The van der Waals surface area contributed by atoms with E-state index in [1.807, 2.05) is 44.0 Å². The van der Waals surface area contributed by atoms with Gasteiger partial charge in [0.15, 0.2) is 0 Å². The molecule has 1 atom stereocenters. The van der Waals surface area contributed by atoms with E-state index >= 15 is 0 Å². The summed E-state index contributed by atoms with van der Waals surface area (Å²) in [4.78, 5) is 36.6. The van der Waals surface area contributed by atoms with Gasteiger partial charge in [-0.3, -0.25) is 14.6 Å². The molecule has 2 amide bonds. The smallest absolute Gasteiger partial charge is 0.280 e. The first-order chi connectivity index (χ1) is 19.6. The third-order valence-corrected chi connectivity index (χ3v) is 7.38. The SMILES string of the molecule is C=CC(=O)NC(C)([SiH3])COc1cccc2c1N1CCCCCOc3c(cnn3C)-c3cc(cc(C)n3)C(=O)/N=C/1N2. The number of aromatic nitrogens is 3. The molecule has 11 nitrogen and oxygen atoms in total. The van der Waals surface area contributed by atoms with Crippen molar-refractivity contribution in [1.82, 2.24) is 20.1 Å². The number of benzene rings is 1. The Morgan fingerprint density at radius 2 is 2.15 bits per heavy atom. The maximum atomic E-state index is 13.5. The fourth-order valence-corrected chi connectivity index (χ4v) is 5.27. The second-order valence-electron chi connectivity index (χ2n) is 10.8. The summed E-state index contributed by atoms with van der Waals surface area (Å²) in [5.41, 5.74) is 4.07. The van der Waals surface area contributed by atoms with Crippen molar-refractivity contribution in [3.8, 4) is 22.9 Å². The van der Waals surface area contributed by atoms with Crippen LogP contribution in [0.15, 0.2) is 54.2 Å². The van der Waals surface area contributed by atoms with Crippen LogP contribution in [0.4, 0.5) is 11.4 Å². The van der Waals surface area contributed by atoms with Crippen molar-refractivity contribution >= 4 is 39.4 Å². The zero-order valence-electron chi connectivity index (χ0n) is 23.9. The lowest BCUT2D eigenvalue weighted by molar-refractivity contribution is -0.117. The Kier molecular flexibility index (Phi) is 7.93. The largest absolute Gasteiger partial charge is 0.489 e. The number of carbonyl (C=O) groups is 2. The van der Waals surface area contributed by atoms with Crippen molar-refractivity contribution in [1.29, 1.82) is 0 Å². The minimum atomic E-state index is -0.492. The summed E-state index contributed by atoms with van der Waals surface area (Å²) >= 11 is 0. The standard InChI is InChI=1S/C29H35N7O4Si/c1-5-24(37)34-29(3,41)17-40-23-11-9-10-21-25(23)36-12-7-6-8-13-39-27-20(16-30-35(27)4)22-15-19(14-18(2)31-22)26(38)33-28(36)32-21/h5,9-11,14-16H,1,6-8,12-13,17H2,2-4,41H3,(H,34,37)(H,32,33,38). The van der Waals surface area contributed by atoms with E-state index in [1.54, 1.807) is 23.0 Å². The number of nitrogens with one attached hydrogen (secondary N) is 2. The molecule has 2 bridgehead atoms. The van der Waals surface area contributed by atoms with E-state index in [-0.39, 0.29) is 11.8 Å². The highest BCUT2D eigenvalue weighted by Crippen LogP contribution is 2.41. The van der Waals surface area contributed by atoms with E-state index in [0.717, 1.165) is 36.2 Å². The van der Waals surface area contributed by atoms with Crippen LogP contribution in [-0.4, -0.2) is 67.7 Å². The van der Waals surface area contributed by atoms with E-state index in [2.05, 4.69) is 32.3 Å². The number of pyridine rings is 1. The molecule has 2 N–H and O–H groups in total. The predicted octanol–water partition coefficient (Wildman–Crippen LogP) is 2.54. The average molecular weight is 574 g/mol. The molecule has 12 heteroatoms. The first kappa shape index (κ1) is 28.1. The molecule has 214 valence electrons. The third-order valence-electron chi connectivity index (χ3n) is 6.84. The summed E-state index contributed by atoms with van der Waals surface area (Å²) in [5.74, 6) is 1.09. The number of nitrogens with zero attached hydrogens (tertiary/aromatic N) is 5. The van der Waals surface area contributed by atoms with Gasteiger partial charge in [0, 0.05) is 35.1 Å². The van der Waals surface area contributed by atoms with Gasteiger partial charge in [0.05, 0.1) is 34.9 Å². The fraction of sp³-hybridized carbons (Fsp3) is 0.345. The Hall–Kier alpha value is -4.45. The Labute approximate surface area is 242 Å². The molecule has 1 unspecified atom stereocenters. The molecular formula is C29H35N7O4Si. The summed E-state index contributed by atoms with van der Waals surface area (Å²) in [5, 5.41) is 10.1. The van der Waals surface area contributed by atoms with Crippen molar-refractivity contribution in [3.63, 3.8) is 0 Å². The lowest BCUT2D eigenvalue weighted by Gasteiger charge is -2.27. The second kappa shape index (κ2) is 11.6.